The van der Waals surface area contributed by atoms with Crippen molar-refractivity contribution in [2.45, 2.75) is 31.0 Å². The van der Waals surface area contributed by atoms with Gasteiger partial charge < -0.3 is 9.79 Å². The second-order valence-corrected chi connectivity index (χ2v) is 16.3. The molecule has 0 radical (unpaired) electrons. The molecule has 0 aliphatic carbocycles. The maximum absolute atomic E-state index is 12.5. The zero-order chi connectivity index (χ0) is 28.2. The van der Waals surface area contributed by atoms with Gasteiger partial charge in [-0.25, -0.2) is 4.57 Å². The van der Waals surface area contributed by atoms with E-state index in [0.717, 1.165) is 33.6 Å². The van der Waals surface area contributed by atoms with Gasteiger partial charge in [0.25, 0.3) is 5.56 Å². The molecule has 0 amide bonds. The minimum atomic E-state index is -5.38. The molecule has 37 heavy (non-hydrogen) atoms. The number of hydrogen-bond donors (Lipinski definition) is 5. The number of hydrogen-bond acceptors (Lipinski definition) is 15. The quantitative estimate of drug-likeness (QED) is 0.0944. The van der Waals surface area contributed by atoms with Gasteiger partial charge >= 0.3 is 189 Å². The summed E-state index contributed by atoms with van der Waals surface area (Å²) in [6.45, 7) is -1.01. The number of phosphoric ester groups is 2. The number of halogens is 1. The zero-order valence-electron chi connectivity index (χ0n) is 19.0. The third-order valence-corrected chi connectivity index (χ3v) is 12.8. The van der Waals surface area contributed by atoms with Crippen molar-refractivity contribution in [1.29, 1.82) is 0 Å². The van der Waals surface area contributed by atoms with Crippen LogP contribution in [0.5, 0.6) is 0 Å². The third kappa shape index (κ3) is 9.62. The molecule has 24 heteroatoms. The van der Waals surface area contributed by atoms with Crippen LogP contribution in [-0.2, 0) is 45.3 Å². The van der Waals surface area contributed by atoms with Crippen molar-refractivity contribution in [2.24, 2.45) is 0 Å². The van der Waals surface area contributed by atoms with E-state index in [1.54, 1.807) is 0 Å². The number of H-pyrrole nitrogens is 1. The van der Waals surface area contributed by atoms with E-state index in [-0.39, 0.29) is 0 Å². The molecule has 216 valence electrons. The number of nitrogens with one attached hydrogen (secondary N) is 1. The molecule has 1 saturated heterocycles. The molecular weight excluding hydrogens is 692 g/mol. The summed E-state index contributed by atoms with van der Waals surface area (Å²) in [5.74, 6) is 0. The van der Waals surface area contributed by atoms with Gasteiger partial charge in [-0.2, -0.15) is 0 Å². The van der Waals surface area contributed by atoms with Crippen molar-refractivity contribution >= 4 is 23.5 Å². The van der Waals surface area contributed by atoms with Gasteiger partial charge in [-0.15, -0.1) is 0 Å². The van der Waals surface area contributed by atoms with Crippen LogP contribution in [0.4, 0.5) is 0 Å². The molecule has 1 aromatic heterocycles. The van der Waals surface area contributed by atoms with Crippen LogP contribution in [0, 0.1) is 0 Å². The molecule has 0 bridgehead atoms. The van der Waals surface area contributed by atoms with E-state index in [1.807, 2.05) is 4.98 Å². The molecule has 2 rings (SSSR count). The summed E-state index contributed by atoms with van der Waals surface area (Å²) in [5.41, 5.74) is -1.88. The fraction of sp³-hybridized carbons (Fsp3) is 0.692. The molecule has 1 aliphatic rings. The Kier molecular flexibility index (Phi) is 11.4. The van der Waals surface area contributed by atoms with Gasteiger partial charge in [0, 0.05) is 0 Å². The van der Waals surface area contributed by atoms with Gasteiger partial charge in [-0.3, -0.25) is 4.79 Å². The number of nitrogens with zero attached hydrogens (tertiary/aromatic N) is 1. The van der Waals surface area contributed by atoms with E-state index >= 15 is 0 Å². The van der Waals surface area contributed by atoms with E-state index in [9.17, 15) is 36.7 Å². The van der Waals surface area contributed by atoms with Crippen molar-refractivity contribution in [1.82, 2.24) is 9.55 Å². The van der Waals surface area contributed by atoms with Crippen LogP contribution >= 0.6 is 23.5 Å². The second kappa shape index (κ2) is 12.8. The van der Waals surface area contributed by atoms with Gasteiger partial charge in [0.15, 0.2) is 0 Å². The van der Waals surface area contributed by atoms with Gasteiger partial charge in [0.1, 0.15) is 0 Å². The van der Waals surface area contributed by atoms with E-state index < -0.39 is 92.4 Å². The van der Waals surface area contributed by atoms with Crippen LogP contribution in [-0.4, -0.2) is 75.6 Å². The van der Waals surface area contributed by atoms with E-state index in [2.05, 4.69) is 26.9 Å². The number of aliphatic hydroxyl groups excluding tert-OH is 1. The number of aromatic nitrogens is 2. The van der Waals surface area contributed by atoms with Gasteiger partial charge in [0.2, 0.25) is 0 Å². The van der Waals surface area contributed by atoms with Crippen molar-refractivity contribution in [3.63, 3.8) is 0 Å². The predicted octanol–water partition coefficient (Wildman–Crippen LogP) is -4.96. The van der Waals surface area contributed by atoms with Gasteiger partial charge in [-0.05, 0) is 0 Å². The average molecular weight is 716 g/mol. The fourth-order valence-corrected chi connectivity index (χ4v) is 9.82. The summed E-state index contributed by atoms with van der Waals surface area (Å²) in [6.07, 6.45) is -6.26. The third-order valence-electron chi connectivity index (χ3n) is 4.31. The second-order valence-electron chi connectivity index (χ2n) is 6.75. The fourth-order valence-electron chi connectivity index (χ4n) is 2.77. The molecule has 0 spiro atoms. The molecule has 5 N–H and O–H groups in total. The SMILES string of the molecule is COP(=O)(OP(=O)(O)OC[C@H]1O[C@@H](n2ccc(=O)[nH]c2=O)C(OP(=O)(O)O)C[C@H]1O)O[I+]([O-])(OC)OC. The van der Waals surface area contributed by atoms with Gasteiger partial charge in [0.05, 0.1) is 0 Å². The zero-order valence-corrected chi connectivity index (χ0v) is 23.9. The Hall–Kier alpha value is -0.420. The summed E-state index contributed by atoms with van der Waals surface area (Å²) in [7, 11) is -13.2. The first kappa shape index (κ1) is 32.8. The normalized spacial score (nSPS) is 26.8. The summed E-state index contributed by atoms with van der Waals surface area (Å²) < 4.78 is 85.8. The van der Waals surface area contributed by atoms with Crippen molar-refractivity contribution in [2.75, 3.05) is 27.9 Å². The van der Waals surface area contributed by atoms with Crippen molar-refractivity contribution < 1.29 is 88.6 Å². The average Bonchev–Trinajstić information content (AvgIpc) is 2.77. The molecule has 2 heterocycles. The molecule has 6 atom stereocenters. The Morgan fingerprint density at radius 1 is 1.19 bits per heavy atom. The molecule has 1 fully saturated rings. The molecule has 0 aromatic carbocycles. The first-order chi connectivity index (χ1) is 17.0. The Balaban J connectivity index is 2.22. The van der Waals surface area contributed by atoms with E-state index in [4.69, 9.17) is 14.5 Å². The summed E-state index contributed by atoms with van der Waals surface area (Å²) in [5, 5.41) is 10.3. The monoisotopic (exact) mass is 716 g/mol. The number of aromatic amines is 1. The van der Waals surface area contributed by atoms with E-state index in [1.165, 1.54) is 0 Å². The Labute approximate surface area is 213 Å². The minimum absolute atomic E-state index is 0.598. The first-order valence-electron chi connectivity index (χ1n) is 9.50. The Bertz CT molecular complexity index is 1180. The number of rotatable bonds is 13. The topological polar surface area (TPSA) is 284 Å². The molecular formula is C13H24IN2O18P3. The number of aliphatic hydroxyl groups is 1. The van der Waals surface area contributed by atoms with Crippen LogP contribution in [0.1, 0.15) is 12.6 Å². The van der Waals surface area contributed by atoms with Crippen molar-refractivity contribution in [3.05, 3.63) is 33.1 Å². The number of phosphoric acid groups is 3. The van der Waals surface area contributed by atoms with E-state index in [0.29, 0.717) is 4.57 Å². The molecule has 0 saturated carbocycles. The van der Waals surface area contributed by atoms with Crippen LogP contribution in [0.2, 0.25) is 0 Å². The summed E-state index contributed by atoms with van der Waals surface area (Å²) in [6, 6.07) is 0.883. The van der Waals surface area contributed by atoms with Crippen LogP contribution in [0.25, 0.3) is 0 Å². The van der Waals surface area contributed by atoms with Crippen molar-refractivity contribution in [3.8, 4) is 0 Å². The molecule has 3 unspecified atom stereocenters. The Morgan fingerprint density at radius 2 is 1.81 bits per heavy atom. The Morgan fingerprint density at radius 3 is 2.32 bits per heavy atom. The van der Waals surface area contributed by atoms with Crippen LogP contribution < -0.4 is 34.8 Å². The maximum atomic E-state index is 12.5. The number of ether oxygens (including phenoxy) is 1. The first-order valence-corrected chi connectivity index (χ1v) is 17.5. The van der Waals surface area contributed by atoms with Gasteiger partial charge in [-0.1, -0.05) is 0 Å². The van der Waals surface area contributed by atoms with Crippen LogP contribution in [0.15, 0.2) is 21.9 Å². The summed E-state index contributed by atoms with van der Waals surface area (Å²) in [4.78, 5) is 53.7. The van der Waals surface area contributed by atoms with Crippen LogP contribution in [0.3, 0.4) is 0 Å². The predicted molar refractivity (Wildman–Crippen MR) is 109 cm³/mol. The molecule has 1 aliphatic heterocycles. The summed E-state index contributed by atoms with van der Waals surface area (Å²) >= 11 is -5.32. The molecule has 20 nitrogen and oxygen atoms in total. The molecule has 1 aromatic rings. The standard InChI is InChI=1S/C13H24IN2O18P3/c1-27-14(20,28-2)33-37(26,29-3)34-36(24,25)30-7-10-8(17)6-9(32-35(21,22)23)12(31-10)16-5-4-11(18)15-13(16)19/h4-5,8-10,12,17H,6-7H2,1-3H3,(H,24,25)(H,15,18,19)(H2,21,22,23)/t8-,9?,10-,12-,37?/m1/s1.